The zero-order valence-electron chi connectivity index (χ0n) is 18.9. The second-order valence-electron chi connectivity index (χ2n) is 9.32. The number of hydrogen-bond acceptors (Lipinski definition) is 4. The molecule has 3 amide bonds. The number of hydrogen-bond donors (Lipinski definition) is 4. The van der Waals surface area contributed by atoms with Gasteiger partial charge >= 0.3 is 6.03 Å². The van der Waals surface area contributed by atoms with Gasteiger partial charge in [-0.25, -0.2) is 9.78 Å². The molecule has 2 fully saturated rings. The highest BCUT2D eigenvalue weighted by Gasteiger charge is 2.51. The maximum absolute atomic E-state index is 12.9. The lowest BCUT2D eigenvalue weighted by atomic mass is 9.89. The summed E-state index contributed by atoms with van der Waals surface area (Å²) in [6.45, 7) is 1.70. The molecule has 0 radical (unpaired) electrons. The van der Waals surface area contributed by atoms with Crippen molar-refractivity contribution in [2.24, 2.45) is 11.7 Å². The number of rotatable bonds is 6. The average Bonchev–Trinajstić information content (AvgIpc) is 3.52. The van der Waals surface area contributed by atoms with E-state index >= 15 is 0 Å². The molecular formula is C25H29ClN6O2. The van der Waals surface area contributed by atoms with Crippen LogP contribution in [0.15, 0.2) is 48.8 Å². The summed E-state index contributed by atoms with van der Waals surface area (Å²) < 4.78 is 0. The van der Waals surface area contributed by atoms with Crippen LogP contribution in [0, 0.1) is 5.92 Å². The number of nitrogens with zero attached hydrogens (tertiary/aromatic N) is 2. The van der Waals surface area contributed by atoms with E-state index in [1.807, 2.05) is 35.2 Å². The number of piperidine rings is 1. The van der Waals surface area contributed by atoms with Crippen LogP contribution in [-0.4, -0.2) is 52.5 Å². The number of aromatic nitrogens is 2. The summed E-state index contributed by atoms with van der Waals surface area (Å²) in [5, 5.41) is 7.63. The zero-order valence-corrected chi connectivity index (χ0v) is 19.6. The van der Waals surface area contributed by atoms with Crippen molar-refractivity contribution in [2.75, 3.05) is 25.0 Å². The van der Waals surface area contributed by atoms with Gasteiger partial charge in [0.1, 0.15) is 5.65 Å². The Morgan fingerprint density at radius 2 is 1.91 bits per heavy atom. The Kier molecular flexibility index (Phi) is 6.18. The molecule has 5 rings (SSSR count). The minimum atomic E-state index is -0.441. The number of fused-ring (bicyclic) bond motifs is 1. The second-order valence-corrected chi connectivity index (χ2v) is 9.75. The molecular weight excluding hydrogens is 452 g/mol. The molecule has 1 aliphatic carbocycles. The van der Waals surface area contributed by atoms with Crippen molar-refractivity contribution >= 4 is 40.3 Å². The van der Waals surface area contributed by atoms with Crippen LogP contribution < -0.4 is 16.4 Å². The van der Waals surface area contributed by atoms with Gasteiger partial charge in [-0.15, -0.1) is 0 Å². The number of aromatic amines is 1. The number of carbonyl (C=O) groups is 2. The summed E-state index contributed by atoms with van der Waals surface area (Å²) in [5.41, 5.74) is 8.51. The van der Waals surface area contributed by atoms with Crippen LogP contribution in [0.3, 0.4) is 0 Å². The van der Waals surface area contributed by atoms with E-state index in [1.54, 1.807) is 18.5 Å². The largest absolute Gasteiger partial charge is 0.354 e. The molecule has 5 N–H and O–H groups in total. The van der Waals surface area contributed by atoms with Crippen molar-refractivity contribution < 1.29 is 9.59 Å². The van der Waals surface area contributed by atoms with Gasteiger partial charge in [0.15, 0.2) is 0 Å². The van der Waals surface area contributed by atoms with E-state index in [0.717, 1.165) is 48.0 Å². The van der Waals surface area contributed by atoms with E-state index in [4.69, 9.17) is 17.3 Å². The summed E-state index contributed by atoms with van der Waals surface area (Å²) in [5.74, 6) is 0.294. The molecule has 8 nitrogen and oxygen atoms in total. The monoisotopic (exact) mass is 480 g/mol. The van der Waals surface area contributed by atoms with Crippen molar-refractivity contribution in [2.45, 2.75) is 37.1 Å². The number of nitrogens with one attached hydrogen (secondary N) is 3. The van der Waals surface area contributed by atoms with E-state index in [1.165, 1.54) is 0 Å². The van der Waals surface area contributed by atoms with Crippen LogP contribution in [0.1, 0.15) is 31.2 Å². The first-order chi connectivity index (χ1) is 16.5. The van der Waals surface area contributed by atoms with Crippen molar-refractivity contribution in [1.29, 1.82) is 0 Å². The van der Waals surface area contributed by atoms with Gasteiger partial charge in [0.05, 0.1) is 11.1 Å². The Hall–Kier alpha value is -3.10. The normalized spacial score (nSPS) is 18.5. The highest BCUT2D eigenvalue weighted by molar-refractivity contribution is 6.30. The van der Waals surface area contributed by atoms with E-state index in [-0.39, 0.29) is 23.9 Å². The number of anilines is 1. The summed E-state index contributed by atoms with van der Waals surface area (Å²) in [4.78, 5) is 34.8. The first-order valence-corrected chi connectivity index (χ1v) is 12.1. The van der Waals surface area contributed by atoms with Gasteiger partial charge in [0, 0.05) is 48.5 Å². The molecule has 34 heavy (non-hydrogen) atoms. The van der Waals surface area contributed by atoms with Crippen LogP contribution in [0.4, 0.5) is 10.5 Å². The van der Waals surface area contributed by atoms with Gasteiger partial charge in [-0.05, 0) is 61.4 Å². The maximum Gasteiger partial charge on any atom is 0.321 e. The Bertz CT molecular complexity index is 1180. The van der Waals surface area contributed by atoms with Crippen LogP contribution in [0.2, 0.25) is 5.02 Å². The van der Waals surface area contributed by atoms with E-state index in [2.05, 4.69) is 20.6 Å². The molecule has 1 saturated carbocycles. The van der Waals surface area contributed by atoms with Gasteiger partial charge in [-0.2, -0.15) is 0 Å². The Morgan fingerprint density at radius 3 is 2.62 bits per heavy atom. The molecule has 3 heterocycles. The van der Waals surface area contributed by atoms with Gasteiger partial charge in [-0.1, -0.05) is 23.7 Å². The molecule has 1 saturated heterocycles. The average molecular weight is 481 g/mol. The fourth-order valence-electron chi connectivity index (χ4n) is 4.88. The Labute approximate surface area is 203 Å². The SMILES string of the molecule is NC(CNC(=O)C1(c2ccc(Cl)cc2)CC1)C1CCN(C(=O)Nc2ccnc3[nH]ccc23)CC1. The van der Waals surface area contributed by atoms with Crippen LogP contribution >= 0.6 is 11.6 Å². The van der Waals surface area contributed by atoms with Crippen molar-refractivity contribution in [3.63, 3.8) is 0 Å². The highest BCUT2D eigenvalue weighted by Crippen LogP contribution is 2.48. The molecule has 2 aromatic heterocycles. The number of urea groups is 1. The number of nitrogens with two attached hydrogens (primary N) is 1. The molecule has 1 aromatic carbocycles. The molecule has 0 bridgehead atoms. The number of amides is 3. The Morgan fingerprint density at radius 1 is 1.18 bits per heavy atom. The standard InChI is InChI=1S/C25H29ClN6O2/c26-18-3-1-17(2-4-18)25(9-10-25)23(33)30-15-20(27)16-7-13-32(14-8-16)24(34)31-21-6-12-29-22-19(21)5-11-28-22/h1-6,11-12,16,20H,7-10,13-15,27H2,(H,30,33)(H2,28,29,31,34). The topological polar surface area (TPSA) is 116 Å². The number of pyridine rings is 1. The first kappa shape index (κ1) is 22.7. The number of likely N-dealkylation sites (tertiary alicyclic amines) is 1. The smallest absolute Gasteiger partial charge is 0.321 e. The van der Waals surface area contributed by atoms with Gasteiger partial charge in [-0.3, -0.25) is 4.79 Å². The Balaban J connectivity index is 1.10. The van der Waals surface area contributed by atoms with E-state index in [9.17, 15) is 9.59 Å². The fraction of sp³-hybridized carbons (Fsp3) is 0.400. The fourth-order valence-corrected chi connectivity index (χ4v) is 5.01. The minimum Gasteiger partial charge on any atom is -0.354 e. The summed E-state index contributed by atoms with van der Waals surface area (Å²) in [6, 6.07) is 11.0. The quantitative estimate of drug-likeness (QED) is 0.431. The predicted molar refractivity (Wildman–Crippen MR) is 133 cm³/mol. The second kappa shape index (κ2) is 9.27. The molecule has 2 aliphatic rings. The molecule has 0 spiro atoms. The zero-order chi connectivity index (χ0) is 23.7. The van der Waals surface area contributed by atoms with Crippen molar-refractivity contribution in [3.05, 3.63) is 59.4 Å². The number of benzene rings is 1. The van der Waals surface area contributed by atoms with Crippen molar-refractivity contribution in [3.8, 4) is 0 Å². The lowest BCUT2D eigenvalue weighted by molar-refractivity contribution is -0.123. The summed E-state index contributed by atoms with van der Waals surface area (Å²) in [6.07, 6.45) is 6.78. The van der Waals surface area contributed by atoms with Crippen LogP contribution in [-0.2, 0) is 10.2 Å². The third kappa shape index (κ3) is 4.48. The first-order valence-electron chi connectivity index (χ1n) is 11.7. The van der Waals surface area contributed by atoms with Crippen molar-refractivity contribution in [1.82, 2.24) is 20.2 Å². The molecule has 178 valence electrons. The highest BCUT2D eigenvalue weighted by atomic mass is 35.5. The molecule has 1 unspecified atom stereocenters. The van der Waals surface area contributed by atoms with Gasteiger partial charge in [0.2, 0.25) is 5.91 Å². The third-order valence-electron chi connectivity index (χ3n) is 7.21. The van der Waals surface area contributed by atoms with E-state index < -0.39 is 5.41 Å². The van der Waals surface area contributed by atoms with Gasteiger partial charge < -0.3 is 26.3 Å². The van der Waals surface area contributed by atoms with Crippen LogP contribution in [0.25, 0.3) is 11.0 Å². The number of carbonyl (C=O) groups excluding carboxylic acids is 2. The maximum atomic E-state index is 12.9. The number of H-pyrrole nitrogens is 1. The summed E-state index contributed by atoms with van der Waals surface area (Å²) in [7, 11) is 0. The van der Waals surface area contributed by atoms with Gasteiger partial charge in [0.25, 0.3) is 0 Å². The van der Waals surface area contributed by atoms with Crippen LogP contribution in [0.5, 0.6) is 0 Å². The summed E-state index contributed by atoms with van der Waals surface area (Å²) >= 11 is 5.99. The lowest BCUT2D eigenvalue weighted by Gasteiger charge is -2.35. The molecule has 9 heteroatoms. The molecule has 3 aromatic rings. The molecule has 1 atom stereocenters. The number of halogens is 1. The lowest BCUT2D eigenvalue weighted by Crippen LogP contribution is -2.49. The predicted octanol–water partition coefficient (Wildman–Crippen LogP) is 3.64. The minimum absolute atomic E-state index is 0.0375. The third-order valence-corrected chi connectivity index (χ3v) is 7.47. The molecule has 1 aliphatic heterocycles. The van der Waals surface area contributed by atoms with E-state index in [0.29, 0.717) is 24.7 Å².